The molecule has 0 aliphatic rings. The maximum Gasteiger partial charge on any atom is 0.390 e. The van der Waals surface area contributed by atoms with Crippen molar-refractivity contribution in [2.45, 2.75) is 31.0 Å². The number of hydrogen-bond acceptors (Lipinski definition) is 3. The van der Waals surface area contributed by atoms with Crippen molar-refractivity contribution in [3.63, 3.8) is 0 Å². The average molecular weight is 390 g/mol. The van der Waals surface area contributed by atoms with E-state index in [4.69, 9.17) is 5.11 Å². The van der Waals surface area contributed by atoms with Gasteiger partial charge in [-0.1, -0.05) is 15.9 Å². The zero-order chi connectivity index (χ0) is 16.4. The van der Waals surface area contributed by atoms with Gasteiger partial charge in [-0.2, -0.15) is 13.2 Å². The van der Waals surface area contributed by atoms with Crippen LogP contribution >= 0.6 is 15.9 Å². The molecule has 0 unspecified atom stereocenters. The Kier molecular flexibility index (Phi) is 5.82. The number of halogens is 4. The number of nitrogens with zero attached hydrogens (tertiary/aromatic N) is 1. The van der Waals surface area contributed by atoms with Gasteiger partial charge in [0, 0.05) is 18.1 Å². The molecule has 1 aromatic carbocycles. The Labute approximate surface area is 129 Å². The van der Waals surface area contributed by atoms with E-state index in [0.29, 0.717) is 19.9 Å². The van der Waals surface area contributed by atoms with Gasteiger partial charge in [-0.15, -0.1) is 0 Å². The molecule has 0 saturated carbocycles. The molecular formula is C12H15BrF3NO3S. The lowest BCUT2D eigenvalue weighted by atomic mass is 10.2. The number of hydrogen-bond donors (Lipinski definition) is 1. The monoisotopic (exact) mass is 389 g/mol. The molecule has 0 amide bonds. The Hall–Kier alpha value is -0.640. The van der Waals surface area contributed by atoms with E-state index < -0.39 is 29.2 Å². The highest BCUT2D eigenvalue weighted by molar-refractivity contribution is 9.10. The van der Waals surface area contributed by atoms with E-state index in [1.807, 2.05) is 0 Å². The first kappa shape index (κ1) is 18.4. The fourth-order valence-corrected chi connectivity index (χ4v) is 3.74. The van der Waals surface area contributed by atoms with Crippen molar-refractivity contribution in [2.75, 3.05) is 13.6 Å². The van der Waals surface area contributed by atoms with Crippen LogP contribution in [-0.2, 0) is 16.6 Å². The Balaban J connectivity index is 3.16. The summed E-state index contributed by atoms with van der Waals surface area (Å²) < 4.78 is 62.4. The molecule has 1 rings (SSSR count). The molecule has 0 fully saturated rings. The van der Waals surface area contributed by atoms with Crippen molar-refractivity contribution < 1.29 is 26.7 Å². The molecule has 9 heteroatoms. The maximum absolute atomic E-state index is 12.3. The van der Waals surface area contributed by atoms with E-state index in [2.05, 4.69) is 15.9 Å². The van der Waals surface area contributed by atoms with E-state index in [9.17, 15) is 21.6 Å². The summed E-state index contributed by atoms with van der Waals surface area (Å²) >= 11 is 3.18. The molecule has 21 heavy (non-hydrogen) atoms. The normalized spacial score (nSPS) is 13.0. The molecule has 0 heterocycles. The molecule has 0 aromatic heterocycles. The Morgan fingerprint density at radius 2 is 1.90 bits per heavy atom. The summed E-state index contributed by atoms with van der Waals surface area (Å²) in [4.78, 5) is -0.120. The molecule has 0 bridgehead atoms. The minimum Gasteiger partial charge on any atom is -0.392 e. The largest absolute Gasteiger partial charge is 0.392 e. The minimum atomic E-state index is -4.42. The summed E-state index contributed by atoms with van der Waals surface area (Å²) in [5, 5.41) is 9.11. The first-order valence-corrected chi connectivity index (χ1v) is 8.15. The second-order valence-electron chi connectivity index (χ2n) is 4.55. The van der Waals surface area contributed by atoms with Gasteiger partial charge in [0.05, 0.1) is 17.9 Å². The van der Waals surface area contributed by atoms with Crippen LogP contribution in [0.3, 0.4) is 0 Å². The molecule has 0 saturated heterocycles. The fourth-order valence-electron chi connectivity index (χ4n) is 1.64. The predicted octanol–water partition coefficient (Wildman–Crippen LogP) is 2.82. The highest BCUT2D eigenvalue weighted by Gasteiger charge is 2.31. The molecule has 0 spiro atoms. The van der Waals surface area contributed by atoms with Crippen LogP contribution in [0.2, 0.25) is 0 Å². The third-order valence-corrected chi connectivity index (χ3v) is 5.74. The Morgan fingerprint density at radius 1 is 1.33 bits per heavy atom. The number of rotatable bonds is 5. The number of aliphatic hydroxyl groups is 1. The van der Waals surface area contributed by atoms with Crippen molar-refractivity contribution in [3.8, 4) is 0 Å². The summed E-state index contributed by atoms with van der Waals surface area (Å²) in [6.45, 7) is 0.510. The van der Waals surface area contributed by atoms with E-state index in [1.54, 1.807) is 6.07 Å². The molecule has 1 N–H and O–H groups in total. The van der Waals surface area contributed by atoms with Gasteiger partial charge in [-0.3, -0.25) is 0 Å². The lowest BCUT2D eigenvalue weighted by Gasteiger charge is -2.20. The van der Waals surface area contributed by atoms with E-state index >= 15 is 0 Å². The zero-order valence-corrected chi connectivity index (χ0v) is 13.8. The van der Waals surface area contributed by atoms with Crippen LogP contribution in [0.5, 0.6) is 0 Å². The summed E-state index contributed by atoms with van der Waals surface area (Å²) in [7, 11) is -2.96. The van der Waals surface area contributed by atoms with Crippen molar-refractivity contribution in [3.05, 3.63) is 27.7 Å². The van der Waals surface area contributed by atoms with Crippen molar-refractivity contribution >= 4 is 26.0 Å². The molecule has 120 valence electrons. The summed E-state index contributed by atoms with van der Waals surface area (Å²) in [6, 6.07) is 2.82. The first-order chi connectivity index (χ1) is 9.49. The molecule has 4 nitrogen and oxygen atoms in total. The lowest BCUT2D eigenvalue weighted by molar-refractivity contribution is -0.135. The van der Waals surface area contributed by atoms with E-state index in [1.165, 1.54) is 13.0 Å². The van der Waals surface area contributed by atoms with Gasteiger partial charge < -0.3 is 5.11 Å². The van der Waals surface area contributed by atoms with Gasteiger partial charge in [-0.25, -0.2) is 12.7 Å². The Bertz CT molecular complexity index is 617. The molecule has 0 aliphatic carbocycles. The van der Waals surface area contributed by atoms with Crippen LogP contribution < -0.4 is 0 Å². The number of sulfonamides is 1. The van der Waals surface area contributed by atoms with Gasteiger partial charge in [-0.05, 0) is 30.2 Å². The predicted molar refractivity (Wildman–Crippen MR) is 75.3 cm³/mol. The minimum absolute atomic E-state index is 0.120. The molecular weight excluding hydrogens is 375 g/mol. The first-order valence-electron chi connectivity index (χ1n) is 5.92. The summed E-state index contributed by atoms with van der Waals surface area (Å²) in [5.41, 5.74) is 0.737. The Morgan fingerprint density at radius 3 is 2.38 bits per heavy atom. The standard InChI is InChI=1S/C12H15BrF3NO3S/c1-8-10(13)5-9(7-18)6-11(8)21(19,20)17(2)4-3-12(14,15)16/h5-6,18H,3-4,7H2,1-2H3. The van der Waals surface area contributed by atoms with Gasteiger partial charge in [0.2, 0.25) is 10.0 Å². The van der Waals surface area contributed by atoms with Crippen LogP contribution in [0, 0.1) is 6.92 Å². The number of aliphatic hydroxyl groups excluding tert-OH is 1. The van der Waals surface area contributed by atoms with Crippen LogP contribution in [0.1, 0.15) is 17.5 Å². The second-order valence-corrected chi connectivity index (χ2v) is 7.42. The van der Waals surface area contributed by atoms with Crippen molar-refractivity contribution in [2.24, 2.45) is 0 Å². The third-order valence-electron chi connectivity index (χ3n) is 2.94. The molecule has 0 aliphatic heterocycles. The van der Waals surface area contributed by atoms with Crippen molar-refractivity contribution in [1.29, 1.82) is 0 Å². The van der Waals surface area contributed by atoms with Crippen LogP contribution in [-0.4, -0.2) is 37.6 Å². The number of benzene rings is 1. The summed E-state index contributed by atoms with van der Waals surface area (Å²) in [5.74, 6) is 0. The van der Waals surface area contributed by atoms with Crippen LogP contribution in [0.4, 0.5) is 13.2 Å². The van der Waals surface area contributed by atoms with E-state index in [-0.39, 0.29) is 11.5 Å². The highest BCUT2D eigenvalue weighted by Crippen LogP contribution is 2.28. The SMILES string of the molecule is Cc1c(Br)cc(CO)cc1S(=O)(=O)N(C)CCC(F)(F)F. The number of alkyl halides is 3. The second kappa shape index (κ2) is 6.64. The van der Waals surface area contributed by atoms with Gasteiger partial charge in [0.1, 0.15) is 0 Å². The third kappa shape index (κ3) is 4.67. The average Bonchev–Trinajstić information content (AvgIpc) is 2.37. The topological polar surface area (TPSA) is 57.6 Å². The van der Waals surface area contributed by atoms with Crippen molar-refractivity contribution in [1.82, 2.24) is 4.31 Å². The lowest BCUT2D eigenvalue weighted by Crippen LogP contribution is -2.31. The van der Waals surface area contributed by atoms with E-state index in [0.717, 1.165) is 7.05 Å². The maximum atomic E-state index is 12.3. The quantitative estimate of drug-likeness (QED) is 0.842. The van der Waals surface area contributed by atoms with Crippen LogP contribution in [0.25, 0.3) is 0 Å². The molecule has 0 radical (unpaired) electrons. The van der Waals surface area contributed by atoms with Gasteiger partial charge in [0.15, 0.2) is 0 Å². The highest BCUT2D eigenvalue weighted by atomic mass is 79.9. The fraction of sp³-hybridized carbons (Fsp3) is 0.500. The summed E-state index contributed by atoms with van der Waals surface area (Å²) in [6.07, 6.45) is -5.64. The van der Waals surface area contributed by atoms with Gasteiger partial charge in [0.25, 0.3) is 0 Å². The smallest absolute Gasteiger partial charge is 0.390 e. The van der Waals surface area contributed by atoms with Gasteiger partial charge >= 0.3 is 6.18 Å². The molecule has 0 atom stereocenters. The van der Waals surface area contributed by atoms with Crippen LogP contribution in [0.15, 0.2) is 21.5 Å². The zero-order valence-electron chi connectivity index (χ0n) is 11.4. The molecule has 1 aromatic rings.